The van der Waals surface area contributed by atoms with Crippen molar-refractivity contribution in [3.8, 4) is 0 Å². The Morgan fingerprint density at radius 1 is 1.00 bits per heavy atom. The predicted octanol–water partition coefficient (Wildman–Crippen LogP) is 3.06. The number of nitrogens with one attached hydrogen (secondary N) is 2. The highest BCUT2D eigenvalue weighted by Crippen LogP contribution is 2.27. The van der Waals surface area contributed by atoms with E-state index in [1.54, 1.807) is 39.8 Å². The molecule has 8 nitrogen and oxygen atoms in total. The lowest BCUT2D eigenvalue weighted by molar-refractivity contribution is -0.134. The second-order valence-electron chi connectivity index (χ2n) is 8.81. The predicted molar refractivity (Wildman–Crippen MR) is 113 cm³/mol. The van der Waals surface area contributed by atoms with Gasteiger partial charge in [-0.25, -0.2) is 9.59 Å². The molecule has 2 rings (SSSR count). The van der Waals surface area contributed by atoms with Gasteiger partial charge in [-0.15, -0.1) is 0 Å². The van der Waals surface area contributed by atoms with Gasteiger partial charge in [-0.3, -0.25) is 4.79 Å². The van der Waals surface area contributed by atoms with Crippen LogP contribution in [0.1, 0.15) is 45.6 Å². The highest BCUT2D eigenvalue weighted by Gasteiger charge is 2.37. The summed E-state index contributed by atoms with van der Waals surface area (Å²) in [5.41, 5.74) is 0.242. The average molecular weight is 420 g/mol. The van der Waals surface area contributed by atoms with Crippen molar-refractivity contribution in [1.82, 2.24) is 15.5 Å². The normalized spacial score (nSPS) is 21.3. The van der Waals surface area contributed by atoms with Crippen molar-refractivity contribution in [1.29, 1.82) is 0 Å². The lowest BCUT2D eigenvalue weighted by Gasteiger charge is -2.37. The standard InChI is InChI=1S/C22H33N3O5/c1-22(2,3)30-21(28)24-18-13-16(19(26)25(4)5)11-12-17(18)23-20(27)29-14-15-9-7-6-8-10-15/h6-10,16-18H,11-14H2,1-5H3,(H,23,27)(H,24,28)/t16-,17-,18+/m0/s1. The van der Waals surface area contributed by atoms with Gasteiger partial charge in [0.05, 0.1) is 12.1 Å². The molecule has 0 radical (unpaired) electrons. The summed E-state index contributed by atoms with van der Waals surface area (Å²) in [7, 11) is 3.42. The second kappa shape index (κ2) is 10.3. The summed E-state index contributed by atoms with van der Waals surface area (Å²) >= 11 is 0. The van der Waals surface area contributed by atoms with Crippen LogP contribution in [-0.2, 0) is 20.9 Å². The van der Waals surface area contributed by atoms with Crippen LogP contribution < -0.4 is 10.6 Å². The maximum atomic E-state index is 12.4. The van der Waals surface area contributed by atoms with E-state index < -0.39 is 23.8 Å². The van der Waals surface area contributed by atoms with Crippen molar-refractivity contribution in [2.45, 2.75) is 64.3 Å². The van der Waals surface area contributed by atoms with Gasteiger partial charge in [-0.2, -0.15) is 0 Å². The third-order valence-corrected chi connectivity index (χ3v) is 4.86. The van der Waals surface area contributed by atoms with Gasteiger partial charge in [0.15, 0.2) is 0 Å². The quantitative estimate of drug-likeness (QED) is 0.765. The number of carbonyl (C=O) groups is 3. The SMILES string of the molecule is CN(C)C(=O)[C@H]1CC[C@H](NC(=O)OCc2ccccc2)[C@H](NC(=O)OC(C)(C)C)C1. The van der Waals surface area contributed by atoms with Crippen LogP contribution >= 0.6 is 0 Å². The summed E-state index contributed by atoms with van der Waals surface area (Å²) in [6.45, 7) is 5.50. The number of ether oxygens (including phenoxy) is 2. The number of alkyl carbamates (subject to hydrolysis) is 2. The Bertz CT molecular complexity index is 730. The Morgan fingerprint density at radius 2 is 1.63 bits per heavy atom. The van der Waals surface area contributed by atoms with Gasteiger partial charge in [0.1, 0.15) is 12.2 Å². The zero-order chi connectivity index (χ0) is 22.3. The summed E-state index contributed by atoms with van der Waals surface area (Å²) in [5.74, 6) is -0.214. The first-order chi connectivity index (χ1) is 14.0. The van der Waals surface area contributed by atoms with Crippen LogP contribution in [-0.4, -0.2) is 54.8 Å². The topological polar surface area (TPSA) is 97.0 Å². The maximum Gasteiger partial charge on any atom is 0.407 e. The van der Waals surface area contributed by atoms with Crippen molar-refractivity contribution in [3.05, 3.63) is 35.9 Å². The third-order valence-electron chi connectivity index (χ3n) is 4.86. The largest absolute Gasteiger partial charge is 0.445 e. The second-order valence-corrected chi connectivity index (χ2v) is 8.81. The molecular formula is C22H33N3O5. The highest BCUT2D eigenvalue weighted by atomic mass is 16.6. The first-order valence-corrected chi connectivity index (χ1v) is 10.2. The van der Waals surface area contributed by atoms with Gasteiger partial charge < -0.3 is 25.0 Å². The zero-order valence-corrected chi connectivity index (χ0v) is 18.4. The fourth-order valence-corrected chi connectivity index (χ4v) is 3.47. The molecule has 8 heteroatoms. The summed E-state index contributed by atoms with van der Waals surface area (Å²) in [6, 6.07) is 8.60. The number of hydrogen-bond acceptors (Lipinski definition) is 5. The average Bonchev–Trinajstić information content (AvgIpc) is 2.66. The Balaban J connectivity index is 2.00. The monoisotopic (exact) mass is 419 g/mol. The molecule has 0 aromatic heterocycles. The van der Waals surface area contributed by atoms with E-state index in [2.05, 4.69) is 10.6 Å². The first-order valence-electron chi connectivity index (χ1n) is 10.2. The lowest BCUT2D eigenvalue weighted by Crippen LogP contribution is -2.56. The molecule has 2 N–H and O–H groups in total. The van der Waals surface area contributed by atoms with Gasteiger partial charge in [-0.1, -0.05) is 30.3 Å². The van der Waals surface area contributed by atoms with Crippen LogP contribution in [0.2, 0.25) is 0 Å². The summed E-state index contributed by atoms with van der Waals surface area (Å²) in [6.07, 6.45) is 0.449. The van der Waals surface area contributed by atoms with E-state index >= 15 is 0 Å². The molecule has 166 valence electrons. The van der Waals surface area contributed by atoms with Crippen molar-refractivity contribution >= 4 is 18.1 Å². The minimum absolute atomic E-state index is 0.0103. The van der Waals surface area contributed by atoms with Crippen LogP contribution in [0.4, 0.5) is 9.59 Å². The van der Waals surface area contributed by atoms with Gasteiger partial charge in [-0.05, 0) is 45.6 Å². The van der Waals surface area contributed by atoms with E-state index in [4.69, 9.17) is 9.47 Å². The van der Waals surface area contributed by atoms with Gasteiger partial charge in [0, 0.05) is 20.0 Å². The molecule has 0 unspecified atom stereocenters. The van der Waals surface area contributed by atoms with Gasteiger partial charge in [0.25, 0.3) is 0 Å². The molecule has 0 saturated heterocycles. The van der Waals surface area contributed by atoms with Crippen molar-refractivity contribution in [2.24, 2.45) is 5.92 Å². The summed E-state index contributed by atoms with van der Waals surface area (Å²) in [5, 5.41) is 5.67. The molecule has 1 aromatic rings. The van der Waals surface area contributed by atoms with Crippen molar-refractivity contribution in [2.75, 3.05) is 14.1 Å². The highest BCUT2D eigenvalue weighted by molar-refractivity contribution is 5.79. The maximum absolute atomic E-state index is 12.4. The molecule has 1 saturated carbocycles. The summed E-state index contributed by atoms with van der Waals surface area (Å²) in [4.78, 5) is 38.6. The molecule has 1 fully saturated rings. The molecule has 30 heavy (non-hydrogen) atoms. The molecule has 1 aliphatic rings. The van der Waals surface area contributed by atoms with E-state index in [-0.39, 0.29) is 24.5 Å². The van der Waals surface area contributed by atoms with Crippen LogP contribution in [0.3, 0.4) is 0 Å². The Hall–Kier alpha value is -2.77. The molecule has 1 aliphatic carbocycles. The van der Waals surface area contributed by atoms with E-state index in [0.717, 1.165) is 5.56 Å². The third kappa shape index (κ3) is 7.57. The van der Waals surface area contributed by atoms with E-state index in [0.29, 0.717) is 19.3 Å². The summed E-state index contributed by atoms with van der Waals surface area (Å²) < 4.78 is 10.7. The Morgan fingerprint density at radius 3 is 2.23 bits per heavy atom. The van der Waals surface area contributed by atoms with Crippen molar-refractivity contribution in [3.63, 3.8) is 0 Å². The van der Waals surface area contributed by atoms with E-state index in [1.165, 1.54) is 0 Å². The fraction of sp³-hybridized carbons (Fsp3) is 0.591. The first kappa shape index (κ1) is 23.5. The number of benzene rings is 1. The number of amides is 3. The smallest absolute Gasteiger partial charge is 0.407 e. The number of rotatable bonds is 5. The minimum atomic E-state index is -0.644. The van der Waals surface area contributed by atoms with E-state index in [9.17, 15) is 14.4 Å². The fourth-order valence-electron chi connectivity index (χ4n) is 3.47. The van der Waals surface area contributed by atoms with Gasteiger partial charge in [0.2, 0.25) is 5.91 Å². The molecule has 0 spiro atoms. The van der Waals surface area contributed by atoms with Crippen LogP contribution in [0.5, 0.6) is 0 Å². The van der Waals surface area contributed by atoms with Crippen LogP contribution in [0.15, 0.2) is 30.3 Å². The van der Waals surface area contributed by atoms with Crippen LogP contribution in [0.25, 0.3) is 0 Å². The number of hydrogen-bond donors (Lipinski definition) is 2. The number of carbonyl (C=O) groups excluding carboxylic acids is 3. The van der Waals surface area contributed by atoms with E-state index in [1.807, 2.05) is 30.3 Å². The molecule has 3 atom stereocenters. The molecular weight excluding hydrogens is 386 g/mol. The van der Waals surface area contributed by atoms with Gasteiger partial charge >= 0.3 is 12.2 Å². The molecule has 1 aromatic carbocycles. The van der Waals surface area contributed by atoms with Crippen molar-refractivity contribution < 1.29 is 23.9 Å². The Labute approximate surface area is 178 Å². The zero-order valence-electron chi connectivity index (χ0n) is 18.4. The minimum Gasteiger partial charge on any atom is -0.445 e. The molecule has 3 amide bonds. The number of nitrogens with zero attached hydrogens (tertiary/aromatic N) is 1. The Kier molecular flexibility index (Phi) is 8.08. The molecule has 0 aliphatic heterocycles. The van der Waals surface area contributed by atoms with Crippen LogP contribution in [0, 0.1) is 5.92 Å². The lowest BCUT2D eigenvalue weighted by atomic mass is 9.81. The molecule has 0 heterocycles. The molecule has 0 bridgehead atoms.